The van der Waals surface area contributed by atoms with Crippen molar-refractivity contribution in [1.82, 2.24) is 0 Å². The van der Waals surface area contributed by atoms with E-state index in [4.69, 9.17) is 4.55 Å². The van der Waals surface area contributed by atoms with Gasteiger partial charge in [0.05, 0.1) is 32.1 Å². The second-order valence-electron chi connectivity index (χ2n) is 8.85. The summed E-state index contributed by atoms with van der Waals surface area (Å²) in [6, 6.07) is 5.99. The lowest BCUT2D eigenvalue weighted by Crippen LogP contribution is -2.40. The van der Waals surface area contributed by atoms with Crippen molar-refractivity contribution < 1.29 is 17.5 Å². The molecule has 0 saturated heterocycles. The van der Waals surface area contributed by atoms with Crippen LogP contribution in [0, 0.1) is 6.92 Å². The van der Waals surface area contributed by atoms with Crippen LogP contribution in [0.3, 0.4) is 0 Å². The summed E-state index contributed by atoms with van der Waals surface area (Å²) in [6.07, 6.45) is 15.8. The number of hydrogen-bond donors (Lipinski definition) is 1. The topological polar surface area (TPSA) is 54.4 Å². The monoisotopic (exact) mass is 428 g/mol. The first-order valence-corrected chi connectivity index (χ1v) is 12.9. The van der Waals surface area contributed by atoms with Crippen molar-refractivity contribution in [3.8, 4) is 0 Å². The molecule has 1 aromatic rings. The van der Waals surface area contributed by atoms with E-state index < -0.39 is 10.1 Å². The summed E-state index contributed by atoms with van der Waals surface area (Å²) in [5.74, 6) is 0. The van der Waals surface area contributed by atoms with Crippen LogP contribution in [-0.2, 0) is 10.1 Å². The molecular weight excluding hydrogens is 382 g/mol. The Morgan fingerprint density at radius 2 is 1.17 bits per heavy atom. The number of nitrogens with zero attached hydrogens (tertiary/aromatic N) is 1. The summed E-state index contributed by atoms with van der Waals surface area (Å²) in [5.41, 5.74) is 0.956. The Balaban J connectivity index is 0.000000604. The van der Waals surface area contributed by atoms with E-state index in [0.29, 0.717) is 0 Å². The largest absolute Gasteiger partial charge is 0.328 e. The molecule has 0 aliphatic rings. The molecule has 0 amide bonds. The Kier molecular flexibility index (Phi) is 15.4. The highest BCUT2D eigenvalue weighted by Crippen LogP contribution is 2.12. The van der Waals surface area contributed by atoms with E-state index in [1.54, 1.807) is 12.1 Å². The van der Waals surface area contributed by atoms with Gasteiger partial charge >= 0.3 is 0 Å². The predicted octanol–water partition coefficient (Wildman–Crippen LogP) is 6.64. The fourth-order valence-electron chi connectivity index (χ4n) is 3.45. The summed E-state index contributed by atoms with van der Waals surface area (Å²) in [7, 11) is 0.725. The molecule has 0 unspecified atom stereocenters. The van der Waals surface area contributed by atoms with Gasteiger partial charge < -0.3 is 4.48 Å². The Hall–Kier alpha value is -0.910. The van der Waals surface area contributed by atoms with Crippen molar-refractivity contribution in [1.29, 1.82) is 0 Å². The molecule has 1 aromatic carbocycles. The van der Waals surface area contributed by atoms with Gasteiger partial charge in [-0.15, -0.1) is 0 Å². The predicted molar refractivity (Wildman–Crippen MR) is 125 cm³/mol. The van der Waals surface area contributed by atoms with Crippen molar-refractivity contribution in [2.75, 3.05) is 27.2 Å². The Labute approximate surface area is 181 Å². The molecule has 1 rings (SSSR count). The molecular formula is C24H46NO3S+. The van der Waals surface area contributed by atoms with Gasteiger partial charge in [0.2, 0.25) is 0 Å². The zero-order chi connectivity index (χ0) is 22.2. The number of quaternary nitrogens is 1. The molecule has 0 heterocycles. The van der Waals surface area contributed by atoms with E-state index in [1.165, 1.54) is 100 Å². The summed E-state index contributed by atoms with van der Waals surface area (Å²) >= 11 is 0. The third kappa shape index (κ3) is 16.6. The average Bonchev–Trinajstić information content (AvgIpc) is 2.63. The van der Waals surface area contributed by atoms with Gasteiger partial charge in [0.1, 0.15) is 0 Å². The molecule has 0 radical (unpaired) electrons. The van der Waals surface area contributed by atoms with E-state index in [9.17, 15) is 8.42 Å². The first-order valence-electron chi connectivity index (χ1n) is 11.5. The average molecular weight is 429 g/mol. The van der Waals surface area contributed by atoms with Gasteiger partial charge in [-0.2, -0.15) is 8.42 Å². The maximum absolute atomic E-state index is 10.5. The van der Waals surface area contributed by atoms with Gasteiger partial charge in [0, 0.05) is 0 Å². The minimum absolute atomic E-state index is 0.0666. The van der Waals surface area contributed by atoms with Gasteiger partial charge in [-0.25, -0.2) is 0 Å². The molecule has 29 heavy (non-hydrogen) atoms. The van der Waals surface area contributed by atoms with Crippen LogP contribution in [0.2, 0.25) is 0 Å². The van der Waals surface area contributed by atoms with E-state index >= 15 is 0 Å². The first kappa shape index (κ1) is 28.1. The minimum Gasteiger partial charge on any atom is -0.328 e. The molecule has 0 aliphatic heterocycles. The van der Waals surface area contributed by atoms with Crippen LogP contribution >= 0.6 is 0 Å². The second-order valence-corrected chi connectivity index (χ2v) is 10.3. The lowest BCUT2D eigenvalue weighted by molar-refractivity contribution is -0.890. The molecule has 4 nitrogen and oxygen atoms in total. The Morgan fingerprint density at radius 1 is 0.724 bits per heavy atom. The van der Waals surface area contributed by atoms with Crippen molar-refractivity contribution in [3.05, 3.63) is 29.8 Å². The van der Waals surface area contributed by atoms with Gasteiger partial charge in [0.25, 0.3) is 10.1 Å². The quantitative estimate of drug-likeness (QED) is 0.205. The molecule has 170 valence electrons. The number of hydrogen-bond acceptors (Lipinski definition) is 2. The van der Waals surface area contributed by atoms with E-state index in [0.717, 1.165) is 5.56 Å². The zero-order valence-corrected chi connectivity index (χ0v) is 20.4. The third-order valence-corrected chi connectivity index (χ3v) is 6.13. The van der Waals surface area contributed by atoms with Gasteiger partial charge in [0.15, 0.2) is 0 Å². The lowest BCUT2D eigenvalue weighted by atomic mass is 10.1. The van der Waals surface area contributed by atoms with Crippen molar-refractivity contribution in [2.24, 2.45) is 0 Å². The van der Waals surface area contributed by atoms with Crippen LogP contribution < -0.4 is 0 Å². The molecule has 1 N–H and O–H groups in total. The number of rotatable bonds is 14. The second kappa shape index (κ2) is 15.9. The smallest absolute Gasteiger partial charge is 0.294 e. The van der Waals surface area contributed by atoms with E-state index in [-0.39, 0.29) is 4.90 Å². The molecule has 0 saturated carbocycles. The Bertz CT molecular complexity index is 610. The van der Waals surface area contributed by atoms with Crippen LogP contribution in [0.15, 0.2) is 29.2 Å². The van der Waals surface area contributed by atoms with Crippen molar-refractivity contribution in [3.63, 3.8) is 0 Å². The fraction of sp³-hybridized carbons (Fsp3) is 0.750. The Morgan fingerprint density at radius 3 is 1.59 bits per heavy atom. The van der Waals surface area contributed by atoms with Gasteiger partial charge in [-0.1, -0.05) is 82.9 Å². The highest BCUT2D eigenvalue weighted by Gasteiger charge is 2.11. The molecule has 0 fully saturated rings. The summed E-state index contributed by atoms with van der Waals surface area (Å²) in [5, 5.41) is 0. The normalized spacial score (nSPS) is 11.8. The summed E-state index contributed by atoms with van der Waals surface area (Å²) in [6.45, 7) is 9.12. The first-order chi connectivity index (χ1) is 13.6. The summed E-state index contributed by atoms with van der Waals surface area (Å²) < 4.78 is 30.8. The number of unbranched alkanes of at least 4 members (excludes halogenated alkanes) is 9. The van der Waals surface area contributed by atoms with Crippen molar-refractivity contribution in [2.45, 2.75) is 96.3 Å². The molecule has 5 heteroatoms. The standard InChI is InChI=1S/C17H38N.C7H8O3S/c1-5-7-8-9-10-11-12-13-14-15-17-18(3,4)16-6-2;1-6-2-4-7(5-3-6)11(8,9)10/h5-17H2,1-4H3;2-5H,1H3,(H,8,9,10)/q+1;. The number of aryl methyl sites for hydroxylation is 1. The lowest BCUT2D eigenvalue weighted by Gasteiger charge is -2.29. The molecule has 0 spiro atoms. The molecule has 0 atom stereocenters. The van der Waals surface area contributed by atoms with Gasteiger partial charge in [-0.05, 0) is 38.3 Å². The summed E-state index contributed by atoms with van der Waals surface area (Å²) in [4.78, 5) is -0.0666. The highest BCUT2D eigenvalue weighted by molar-refractivity contribution is 7.85. The van der Waals surface area contributed by atoms with E-state index in [2.05, 4.69) is 27.9 Å². The van der Waals surface area contributed by atoms with Crippen LogP contribution in [-0.4, -0.2) is 44.6 Å². The number of benzene rings is 1. The molecule has 0 bridgehead atoms. The van der Waals surface area contributed by atoms with Crippen molar-refractivity contribution >= 4 is 10.1 Å². The van der Waals surface area contributed by atoms with Crippen LogP contribution in [0.5, 0.6) is 0 Å². The fourth-order valence-corrected chi connectivity index (χ4v) is 3.93. The molecule has 0 aliphatic carbocycles. The highest BCUT2D eigenvalue weighted by atomic mass is 32.2. The molecule has 0 aromatic heterocycles. The third-order valence-electron chi connectivity index (χ3n) is 5.26. The van der Waals surface area contributed by atoms with Crippen LogP contribution in [0.4, 0.5) is 0 Å². The maximum Gasteiger partial charge on any atom is 0.294 e. The van der Waals surface area contributed by atoms with E-state index in [1.807, 2.05) is 6.92 Å². The SMILES string of the molecule is CCCCCCCCCCCC[N+](C)(C)CCC.Cc1ccc(S(=O)(=O)O)cc1. The van der Waals surface area contributed by atoms with Crippen LogP contribution in [0.25, 0.3) is 0 Å². The van der Waals surface area contributed by atoms with Crippen LogP contribution in [0.1, 0.15) is 90.0 Å². The minimum atomic E-state index is -4.02. The maximum atomic E-state index is 10.5. The van der Waals surface area contributed by atoms with Gasteiger partial charge in [-0.3, -0.25) is 4.55 Å². The zero-order valence-electron chi connectivity index (χ0n) is 19.6.